The minimum Gasteiger partial charge on any atom is -0.303 e. The molecule has 0 aromatic rings. The zero-order valence-electron chi connectivity index (χ0n) is 6.05. The molecule has 1 aliphatic rings. The van der Waals surface area contributed by atoms with Crippen molar-refractivity contribution in [3.05, 3.63) is 10.1 Å². The zero-order chi connectivity index (χ0) is 8.27. The largest absolute Gasteiger partial charge is 0.303 e. The fourth-order valence-electron chi connectivity index (χ4n) is 1.24. The van der Waals surface area contributed by atoms with Gasteiger partial charge in [0.2, 0.25) is 0 Å². The number of aldehydes is 2. The lowest BCUT2D eigenvalue weighted by Crippen LogP contribution is -2.10. The van der Waals surface area contributed by atoms with Crippen LogP contribution in [0.3, 0.4) is 0 Å². The summed E-state index contributed by atoms with van der Waals surface area (Å²) in [7, 11) is 0. The molecular formula is C8H9BrO2. The molecule has 2 nitrogen and oxygen atoms in total. The molecule has 0 saturated carbocycles. The third-order valence-electron chi connectivity index (χ3n) is 1.90. The SMILES string of the molecule is O=CC1=C(Br)C(C=O)CCC1. The molecule has 0 amide bonds. The van der Waals surface area contributed by atoms with Crippen LogP contribution in [0.5, 0.6) is 0 Å². The second-order valence-electron chi connectivity index (χ2n) is 2.63. The first-order valence-electron chi connectivity index (χ1n) is 3.58. The van der Waals surface area contributed by atoms with Gasteiger partial charge >= 0.3 is 0 Å². The van der Waals surface area contributed by atoms with Crippen LogP contribution in [-0.2, 0) is 9.59 Å². The Kier molecular flexibility index (Phi) is 3.00. The predicted molar refractivity (Wildman–Crippen MR) is 45.4 cm³/mol. The van der Waals surface area contributed by atoms with E-state index in [0.717, 1.165) is 41.9 Å². The Balaban J connectivity index is 2.87. The lowest BCUT2D eigenvalue weighted by atomic mass is 9.92. The third-order valence-corrected chi connectivity index (χ3v) is 3.00. The van der Waals surface area contributed by atoms with Crippen LogP contribution in [0.4, 0.5) is 0 Å². The molecule has 1 rings (SSSR count). The summed E-state index contributed by atoms with van der Waals surface area (Å²) in [5, 5.41) is 0. The Morgan fingerprint density at radius 3 is 2.73 bits per heavy atom. The summed E-state index contributed by atoms with van der Waals surface area (Å²) >= 11 is 3.26. The summed E-state index contributed by atoms with van der Waals surface area (Å²) < 4.78 is 0.786. The van der Waals surface area contributed by atoms with Crippen molar-refractivity contribution in [2.24, 2.45) is 5.92 Å². The summed E-state index contributed by atoms with van der Waals surface area (Å²) in [6.45, 7) is 0. The molecule has 1 atom stereocenters. The van der Waals surface area contributed by atoms with Crippen molar-refractivity contribution in [1.29, 1.82) is 0 Å². The minimum atomic E-state index is -0.0797. The van der Waals surface area contributed by atoms with E-state index in [1.807, 2.05) is 0 Å². The van der Waals surface area contributed by atoms with Gasteiger partial charge in [0.15, 0.2) is 0 Å². The maximum atomic E-state index is 10.5. The summed E-state index contributed by atoms with van der Waals surface area (Å²) in [4.78, 5) is 20.9. The molecule has 0 saturated heterocycles. The monoisotopic (exact) mass is 216 g/mol. The smallest absolute Gasteiger partial charge is 0.146 e. The first-order chi connectivity index (χ1) is 5.29. The molecule has 11 heavy (non-hydrogen) atoms. The maximum Gasteiger partial charge on any atom is 0.146 e. The van der Waals surface area contributed by atoms with Gasteiger partial charge < -0.3 is 4.79 Å². The number of carbonyl (C=O) groups is 2. The summed E-state index contributed by atoms with van der Waals surface area (Å²) in [6.07, 6.45) is 4.33. The van der Waals surface area contributed by atoms with E-state index in [-0.39, 0.29) is 5.92 Å². The molecule has 0 bridgehead atoms. The number of carbonyl (C=O) groups excluding carboxylic acids is 2. The number of hydrogen-bond acceptors (Lipinski definition) is 2. The summed E-state index contributed by atoms with van der Waals surface area (Å²) in [5.74, 6) is -0.0797. The van der Waals surface area contributed by atoms with Crippen LogP contribution >= 0.6 is 15.9 Å². The highest BCUT2D eigenvalue weighted by Gasteiger charge is 2.19. The van der Waals surface area contributed by atoms with E-state index in [1.165, 1.54) is 0 Å². The normalized spacial score (nSPS) is 25.0. The molecule has 3 heteroatoms. The Labute approximate surface area is 73.8 Å². The molecule has 0 spiro atoms. The van der Waals surface area contributed by atoms with Gasteiger partial charge in [-0.05, 0) is 19.3 Å². The zero-order valence-corrected chi connectivity index (χ0v) is 7.63. The lowest BCUT2D eigenvalue weighted by molar-refractivity contribution is -0.110. The second kappa shape index (κ2) is 3.81. The summed E-state index contributed by atoms with van der Waals surface area (Å²) in [5.41, 5.74) is 0.744. The Hall–Kier alpha value is -0.440. The molecule has 60 valence electrons. The third kappa shape index (κ3) is 1.77. The number of rotatable bonds is 2. The van der Waals surface area contributed by atoms with Crippen LogP contribution in [0, 0.1) is 5.92 Å². The molecule has 0 N–H and O–H groups in total. The van der Waals surface area contributed by atoms with Gasteiger partial charge in [0.25, 0.3) is 0 Å². The van der Waals surface area contributed by atoms with Crippen LogP contribution in [0.2, 0.25) is 0 Å². The van der Waals surface area contributed by atoms with Crippen molar-refractivity contribution in [3.8, 4) is 0 Å². The van der Waals surface area contributed by atoms with Crippen molar-refractivity contribution in [2.45, 2.75) is 19.3 Å². The molecule has 0 radical (unpaired) electrons. The highest BCUT2D eigenvalue weighted by molar-refractivity contribution is 9.11. The molecule has 1 aliphatic carbocycles. The van der Waals surface area contributed by atoms with Gasteiger partial charge in [-0.1, -0.05) is 15.9 Å². The highest BCUT2D eigenvalue weighted by atomic mass is 79.9. The lowest BCUT2D eigenvalue weighted by Gasteiger charge is -2.17. The molecule has 0 aliphatic heterocycles. The van der Waals surface area contributed by atoms with Gasteiger partial charge in [-0.3, -0.25) is 4.79 Å². The van der Waals surface area contributed by atoms with E-state index >= 15 is 0 Å². The first-order valence-corrected chi connectivity index (χ1v) is 4.38. The Morgan fingerprint density at radius 2 is 2.18 bits per heavy atom. The predicted octanol–water partition coefficient (Wildman–Crippen LogP) is 1.83. The van der Waals surface area contributed by atoms with E-state index in [2.05, 4.69) is 15.9 Å². The highest BCUT2D eigenvalue weighted by Crippen LogP contribution is 2.31. The van der Waals surface area contributed by atoms with Crippen LogP contribution < -0.4 is 0 Å². The molecule has 1 unspecified atom stereocenters. The van der Waals surface area contributed by atoms with Gasteiger partial charge in [-0.25, -0.2) is 0 Å². The molecule has 0 fully saturated rings. The standard InChI is InChI=1S/C8H9BrO2/c9-8-6(4-10)2-1-3-7(8)5-11/h4-6H,1-3H2. The van der Waals surface area contributed by atoms with Crippen LogP contribution in [0.15, 0.2) is 10.1 Å². The van der Waals surface area contributed by atoms with Crippen LogP contribution in [-0.4, -0.2) is 12.6 Å². The van der Waals surface area contributed by atoms with E-state index < -0.39 is 0 Å². The van der Waals surface area contributed by atoms with Gasteiger partial charge in [0, 0.05) is 16.0 Å². The number of hydrogen-bond donors (Lipinski definition) is 0. The van der Waals surface area contributed by atoms with E-state index in [4.69, 9.17) is 0 Å². The molecule has 0 aromatic carbocycles. The van der Waals surface area contributed by atoms with Crippen molar-refractivity contribution in [1.82, 2.24) is 0 Å². The quantitative estimate of drug-likeness (QED) is 0.661. The topological polar surface area (TPSA) is 34.1 Å². The van der Waals surface area contributed by atoms with E-state index in [0.29, 0.717) is 0 Å². The average Bonchev–Trinajstić information content (AvgIpc) is 2.05. The maximum absolute atomic E-state index is 10.5. The number of halogens is 1. The first kappa shape index (κ1) is 8.65. The number of allylic oxidation sites excluding steroid dienone is 2. The van der Waals surface area contributed by atoms with Crippen molar-refractivity contribution in [3.63, 3.8) is 0 Å². The Morgan fingerprint density at radius 1 is 1.45 bits per heavy atom. The van der Waals surface area contributed by atoms with Gasteiger partial charge in [0.1, 0.15) is 12.6 Å². The Bertz CT molecular complexity index is 208. The fraction of sp³-hybridized carbons (Fsp3) is 0.500. The van der Waals surface area contributed by atoms with Crippen molar-refractivity contribution in [2.75, 3.05) is 0 Å². The van der Waals surface area contributed by atoms with E-state index in [9.17, 15) is 9.59 Å². The molecule has 0 aromatic heterocycles. The van der Waals surface area contributed by atoms with Gasteiger partial charge in [-0.2, -0.15) is 0 Å². The van der Waals surface area contributed by atoms with Crippen LogP contribution in [0.25, 0.3) is 0 Å². The van der Waals surface area contributed by atoms with Gasteiger partial charge in [0.05, 0.1) is 0 Å². The fourth-order valence-corrected chi connectivity index (χ4v) is 1.87. The van der Waals surface area contributed by atoms with Gasteiger partial charge in [-0.15, -0.1) is 0 Å². The van der Waals surface area contributed by atoms with Crippen LogP contribution in [0.1, 0.15) is 19.3 Å². The summed E-state index contributed by atoms with van der Waals surface area (Å²) in [6, 6.07) is 0. The molecular weight excluding hydrogens is 208 g/mol. The van der Waals surface area contributed by atoms with E-state index in [1.54, 1.807) is 0 Å². The van der Waals surface area contributed by atoms with Crippen molar-refractivity contribution >= 4 is 28.5 Å². The minimum absolute atomic E-state index is 0.0797. The molecule has 0 heterocycles. The average molecular weight is 217 g/mol. The van der Waals surface area contributed by atoms with Crippen molar-refractivity contribution < 1.29 is 9.59 Å². The second-order valence-corrected chi connectivity index (χ2v) is 3.48.